The van der Waals surface area contributed by atoms with Gasteiger partial charge in [-0.1, -0.05) is 48.6 Å². The molecule has 3 nitrogen and oxygen atoms in total. The molecule has 1 aliphatic rings. The van der Waals surface area contributed by atoms with Crippen LogP contribution in [0.25, 0.3) is 6.08 Å². The van der Waals surface area contributed by atoms with E-state index in [1.807, 2.05) is 73.6 Å². The second-order valence-electron chi connectivity index (χ2n) is 6.39. The molecule has 2 atom stereocenters. The van der Waals surface area contributed by atoms with Crippen LogP contribution in [0.5, 0.6) is 0 Å². The van der Waals surface area contributed by atoms with Crippen LogP contribution < -0.4 is 0 Å². The normalized spacial score (nSPS) is 21.1. The number of ketones is 1. The van der Waals surface area contributed by atoms with Gasteiger partial charge in [-0.25, -0.2) is 0 Å². The summed E-state index contributed by atoms with van der Waals surface area (Å²) < 4.78 is 14.3. The molecule has 0 N–H and O–H groups in total. The standard InChI is InChI=1S/C18H23NO2S/c1-14(20)16-12-13-19(22(21)18(2,3)4)17(16)11-10-15-8-6-5-7-9-15/h5-12,17H,13H2,1-4H3/b11-10+/t17-,22?/m1/s1. The van der Waals surface area contributed by atoms with Gasteiger partial charge in [-0.2, -0.15) is 0 Å². The molecule has 1 heterocycles. The van der Waals surface area contributed by atoms with Crippen LogP contribution in [0.2, 0.25) is 0 Å². The molecule has 0 amide bonds. The molecule has 0 fully saturated rings. The number of nitrogens with zero attached hydrogens (tertiary/aromatic N) is 1. The molecule has 118 valence electrons. The number of hydrogen-bond acceptors (Lipinski definition) is 3. The van der Waals surface area contributed by atoms with Crippen molar-refractivity contribution < 1.29 is 9.35 Å². The summed E-state index contributed by atoms with van der Waals surface area (Å²) >= 11 is -1.16. The Morgan fingerprint density at radius 3 is 2.50 bits per heavy atom. The zero-order valence-corrected chi connectivity index (χ0v) is 14.4. The zero-order valence-electron chi connectivity index (χ0n) is 13.6. The van der Waals surface area contributed by atoms with Crippen LogP contribution in [0.3, 0.4) is 0 Å². The van der Waals surface area contributed by atoms with Gasteiger partial charge < -0.3 is 4.55 Å². The van der Waals surface area contributed by atoms with Gasteiger partial charge in [0.25, 0.3) is 0 Å². The summed E-state index contributed by atoms with van der Waals surface area (Å²) in [5.74, 6) is 0.0381. The quantitative estimate of drug-likeness (QED) is 0.800. The van der Waals surface area contributed by atoms with Crippen molar-refractivity contribution in [2.45, 2.75) is 38.5 Å². The van der Waals surface area contributed by atoms with Gasteiger partial charge in [0.05, 0.1) is 6.54 Å². The molecule has 0 radical (unpaired) electrons. The minimum Gasteiger partial charge on any atom is -0.597 e. The Kier molecular flexibility index (Phi) is 5.27. The summed E-state index contributed by atoms with van der Waals surface area (Å²) in [6.07, 6.45) is 5.85. The smallest absolute Gasteiger partial charge is 0.157 e. The number of hydrogen-bond donors (Lipinski definition) is 0. The van der Waals surface area contributed by atoms with Gasteiger partial charge in [-0.15, -0.1) is 4.31 Å². The van der Waals surface area contributed by atoms with Gasteiger partial charge in [-0.3, -0.25) is 4.79 Å². The fourth-order valence-corrected chi connectivity index (χ4v) is 3.72. The largest absolute Gasteiger partial charge is 0.597 e. The fourth-order valence-electron chi connectivity index (χ4n) is 2.42. The summed E-state index contributed by atoms with van der Waals surface area (Å²) in [6.45, 7) is 7.97. The van der Waals surface area contributed by atoms with Crippen LogP contribution >= 0.6 is 0 Å². The van der Waals surface area contributed by atoms with Gasteiger partial charge in [0, 0.05) is 16.9 Å². The molecule has 0 saturated carbocycles. The average molecular weight is 317 g/mol. The van der Waals surface area contributed by atoms with E-state index in [1.165, 1.54) is 0 Å². The predicted molar refractivity (Wildman–Crippen MR) is 92.6 cm³/mol. The molecule has 1 aromatic carbocycles. The predicted octanol–water partition coefficient (Wildman–Crippen LogP) is 3.36. The number of rotatable bonds is 4. The van der Waals surface area contributed by atoms with Crippen molar-refractivity contribution in [3.8, 4) is 0 Å². The zero-order chi connectivity index (χ0) is 16.3. The Labute approximate surface area is 136 Å². The van der Waals surface area contributed by atoms with Crippen molar-refractivity contribution in [2.24, 2.45) is 0 Å². The third kappa shape index (κ3) is 3.88. The monoisotopic (exact) mass is 317 g/mol. The molecule has 0 aromatic heterocycles. The summed E-state index contributed by atoms with van der Waals surface area (Å²) in [5.41, 5.74) is 1.79. The summed E-state index contributed by atoms with van der Waals surface area (Å²) in [6, 6.07) is 9.70. The molecular weight excluding hydrogens is 294 g/mol. The topological polar surface area (TPSA) is 43.4 Å². The van der Waals surface area contributed by atoms with Gasteiger partial charge in [0.1, 0.15) is 10.8 Å². The lowest BCUT2D eigenvalue weighted by atomic mass is 10.0. The molecule has 0 spiro atoms. The number of carbonyl (C=O) groups excluding carboxylic acids is 1. The van der Waals surface area contributed by atoms with Crippen LogP contribution in [0.15, 0.2) is 48.1 Å². The van der Waals surface area contributed by atoms with E-state index in [0.717, 1.165) is 11.1 Å². The molecule has 1 aromatic rings. The molecule has 0 saturated heterocycles. The van der Waals surface area contributed by atoms with Gasteiger partial charge in [0.15, 0.2) is 5.78 Å². The first-order valence-electron chi connectivity index (χ1n) is 7.43. The van der Waals surface area contributed by atoms with Gasteiger partial charge >= 0.3 is 0 Å². The third-order valence-corrected chi connectivity index (χ3v) is 5.38. The highest BCUT2D eigenvalue weighted by Crippen LogP contribution is 2.30. The first-order valence-corrected chi connectivity index (χ1v) is 8.54. The lowest BCUT2D eigenvalue weighted by molar-refractivity contribution is -0.113. The first kappa shape index (κ1) is 17.0. The maximum Gasteiger partial charge on any atom is 0.157 e. The Hall–Kier alpha value is -1.36. The Bertz CT molecular complexity index is 587. The van der Waals surface area contributed by atoms with E-state index in [4.69, 9.17) is 0 Å². The van der Waals surface area contributed by atoms with Gasteiger partial charge in [0.2, 0.25) is 0 Å². The second-order valence-corrected chi connectivity index (χ2v) is 8.58. The Morgan fingerprint density at radius 2 is 1.95 bits per heavy atom. The number of benzene rings is 1. The molecule has 2 rings (SSSR count). The molecule has 1 aliphatic heterocycles. The Morgan fingerprint density at radius 1 is 1.32 bits per heavy atom. The van der Waals surface area contributed by atoms with Crippen LogP contribution in [0.4, 0.5) is 0 Å². The van der Waals surface area contributed by atoms with Crippen molar-refractivity contribution in [3.63, 3.8) is 0 Å². The SMILES string of the molecule is CC(=O)C1=CCN([S+]([O-])C(C)(C)C)[C@@H]1/C=C/c1ccccc1. The van der Waals surface area contributed by atoms with Crippen LogP contribution in [0.1, 0.15) is 33.3 Å². The van der Waals surface area contributed by atoms with Crippen LogP contribution in [0, 0.1) is 0 Å². The van der Waals surface area contributed by atoms with Crippen molar-refractivity contribution >= 4 is 23.2 Å². The van der Waals surface area contributed by atoms with Crippen molar-refractivity contribution in [1.29, 1.82) is 0 Å². The van der Waals surface area contributed by atoms with E-state index in [2.05, 4.69) is 0 Å². The summed E-state index contributed by atoms with van der Waals surface area (Å²) in [5, 5.41) is 0. The highest BCUT2D eigenvalue weighted by atomic mass is 32.2. The highest BCUT2D eigenvalue weighted by molar-refractivity contribution is 7.90. The molecular formula is C18H23NO2S. The molecule has 0 aliphatic carbocycles. The number of Topliss-reactive ketones (excluding diaryl/α,β-unsaturated/α-hetero) is 1. The van der Waals surface area contributed by atoms with E-state index in [1.54, 1.807) is 6.92 Å². The summed E-state index contributed by atoms with van der Waals surface area (Å²) in [4.78, 5) is 11.9. The highest BCUT2D eigenvalue weighted by Gasteiger charge is 2.41. The lowest BCUT2D eigenvalue weighted by Gasteiger charge is -2.33. The van der Waals surface area contributed by atoms with Crippen molar-refractivity contribution in [1.82, 2.24) is 4.31 Å². The van der Waals surface area contributed by atoms with E-state index in [-0.39, 0.29) is 16.6 Å². The lowest BCUT2D eigenvalue weighted by Crippen LogP contribution is -2.46. The maximum atomic E-state index is 12.7. The molecule has 22 heavy (non-hydrogen) atoms. The maximum absolute atomic E-state index is 12.7. The van der Waals surface area contributed by atoms with Gasteiger partial charge in [-0.05, 0) is 33.3 Å². The van der Waals surface area contributed by atoms with Crippen LogP contribution in [-0.4, -0.2) is 32.0 Å². The van der Waals surface area contributed by atoms with E-state index < -0.39 is 11.4 Å². The van der Waals surface area contributed by atoms with Crippen molar-refractivity contribution in [2.75, 3.05) is 6.54 Å². The van der Waals surface area contributed by atoms with E-state index in [9.17, 15) is 9.35 Å². The minimum absolute atomic E-state index is 0.0381. The van der Waals surface area contributed by atoms with E-state index in [0.29, 0.717) is 6.54 Å². The van der Waals surface area contributed by atoms with Crippen LogP contribution in [-0.2, 0) is 16.2 Å². The minimum atomic E-state index is -1.16. The molecule has 1 unspecified atom stereocenters. The number of carbonyl (C=O) groups is 1. The van der Waals surface area contributed by atoms with Crippen molar-refractivity contribution in [3.05, 3.63) is 53.6 Å². The third-order valence-electron chi connectivity index (χ3n) is 3.53. The molecule has 0 bridgehead atoms. The Balaban J connectivity index is 2.26. The van der Waals surface area contributed by atoms with E-state index >= 15 is 0 Å². The summed E-state index contributed by atoms with van der Waals surface area (Å²) in [7, 11) is 0. The fraction of sp³-hybridized carbons (Fsp3) is 0.389. The average Bonchev–Trinajstić information content (AvgIpc) is 2.88. The second kappa shape index (κ2) is 6.82. The molecule has 4 heteroatoms. The first-order chi connectivity index (χ1) is 10.3.